The molecule has 0 aliphatic carbocycles. The number of carbonyl (C=O) groups excluding carboxylic acids is 1. The molecule has 1 aliphatic heterocycles. The first-order chi connectivity index (χ1) is 18.0. The van der Waals surface area contributed by atoms with Crippen LogP contribution < -0.4 is 10.1 Å². The lowest BCUT2D eigenvalue weighted by Gasteiger charge is -2.32. The molecule has 1 aliphatic rings. The van der Waals surface area contributed by atoms with Crippen LogP contribution in [0.15, 0.2) is 65.2 Å². The molecule has 0 radical (unpaired) electrons. The third kappa shape index (κ3) is 6.59. The van der Waals surface area contributed by atoms with Crippen LogP contribution in [0.4, 0.5) is 10.1 Å². The molecule has 0 unspecified atom stereocenters. The van der Waals surface area contributed by atoms with Gasteiger partial charge in [-0.2, -0.15) is 0 Å². The number of amides is 1. The zero-order chi connectivity index (χ0) is 26.2. The van der Waals surface area contributed by atoms with Gasteiger partial charge in [0.2, 0.25) is 5.96 Å². The Morgan fingerprint density at radius 1 is 1.24 bits per heavy atom. The second-order valence-electron chi connectivity index (χ2n) is 8.72. The third-order valence-electron chi connectivity index (χ3n) is 6.07. The van der Waals surface area contributed by atoms with Crippen molar-refractivity contribution in [1.29, 1.82) is 0 Å². The van der Waals surface area contributed by atoms with Crippen molar-refractivity contribution in [2.45, 2.75) is 6.42 Å². The predicted molar refractivity (Wildman–Crippen MR) is 146 cm³/mol. The van der Waals surface area contributed by atoms with Crippen molar-refractivity contribution < 1.29 is 13.9 Å². The zero-order valence-corrected chi connectivity index (χ0v) is 21.2. The maximum atomic E-state index is 13.0. The second-order valence-corrected chi connectivity index (χ2v) is 8.72. The summed E-state index contributed by atoms with van der Waals surface area (Å²) in [4.78, 5) is 33.5. The number of piperazine rings is 1. The number of likely N-dealkylation sites (N-methyl/N-ethyl adjacent to an activating group) is 1. The third-order valence-corrected chi connectivity index (χ3v) is 6.07. The first-order valence-corrected chi connectivity index (χ1v) is 12.2. The van der Waals surface area contributed by atoms with Crippen LogP contribution in [0.1, 0.15) is 22.6 Å². The summed E-state index contributed by atoms with van der Waals surface area (Å²) in [6, 6.07) is 11.1. The van der Waals surface area contributed by atoms with Crippen LogP contribution in [0.5, 0.6) is 5.75 Å². The minimum Gasteiger partial charge on any atom is -0.493 e. The van der Waals surface area contributed by atoms with Crippen LogP contribution in [0, 0.1) is 0 Å². The topological polar surface area (TPSA) is 98.2 Å². The number of fused-ring (bicyclic) bond motifs is 1. The predicted octanol–water partition coefficient (Wildman–Crippen LogP) is 3.76. The molecule has 0 saturated carbocycles. The second kappa shape index (κ2) is 12.3. The molecule has 1 aromatic carbocycles. The first-order valence-electron chi connectivity index (χ1n) is 12.2. The first kappa shape index (κ1) is 26.0. The van der Waals surface area contributed by atoms with E-state index in [1.165, 1.54) is 0 Å². The summed E-state index contributed by atoms with van der Waals surface area (Å²) in [6.45, 7) is 6.90. The Morgan fingerprint density at radius 2 is 2.05 bits per heavy atom. The molecule has 2 aromatic heterocycles. The van der Waals surface area contributed by atoms with Crippen molar-refractivity contribution in [3.05, 3.63) is 66.6 Å². The number of halogens is 1. The van der Waals surface area contributed by atoms with Crippen LogP contribution in [0.25, 0.3) is 10.9 Å². The van der Waals surface area contributed by atoms with Gasteiger partial charge in [-0.1, -0.05) is 6.58 Å². The molecule has 4 rings (SSSR count). The number of nitrogens with one attached hydrogen (secondary N) is 2. The lowest BCUT2D eigenvalue weighted by molar-refractivity contribution is 0.0659. The van der Waals surface area contributed by atoms with E-state index in [-0.39, 0.29) is 12.5 Å². The number of aromatic nitrogens is 2. The lowest BCUT2D eigenvalue weighted by atomic mass is 10.2. The number of hydrogen-bond acceptors (Lipinski definition) is 5. The number of anilines is 1. The SMILES string of the molecule is C=C/C(=N\C(=NC)Nc1ccc2[nH]c(C(=O)N3CCN(C)CC3)cc2c1)c1cc(OCCCF)ccn1. The van der Waals surface area contributed by atoms with E-state index >= 15 is 0 Å². The number of aliphatic imine (C=N–C) groups is 2. The van der Waals surface area contributed by atoms with Crippen molar-refractivity contribution in [3.63, 3.8) is 0 Å². The van der Waals surface area contributed by atoms with E-state index in [2.05, 4.69) is 43.8 Å². The molecular formula is C27H32FN7O2. The average Bonchev–Trinajstić information content (AvgIpc) is 3.35. The van der Waals surface area contributed by atoms with E-state index in [9.17, 15) is 9.18 Å². The molecule has 37 heavy (non-hydrogen) atoms. The Balaban J connectivity index is 1.49. The fourth-order valence-corrected chi connectivity index (χ4v) is 3.98. The number of aromatic amines is 1. The smallest absolute Gasteiger partial charge is 0.270 e. The van der Waals surface area contributed by atoms with Crippen LogP contribution in [-0.2, 0) is 0 Å². The van der Waals surface area contributed by atoms with Gasteiger partial charge in [-0.3, -0.25) is 19.2 Å². The Bertz CT molecular complexity index is 1310. The summed E-state index contributed by atoms with van der Waals surface area (Å²) in [6.07, 6.45) is 3.52. The van der Waals surface area contributed by atoms with E-state index in [1.54, 1.807) is 31.5 Å². The van der Waals surface area contributed by atoms with E-state index < -0.39 is 6.67 Å². The number of allylic oxidation sites excluding steroid dienone is 1. The highest BCUT2D eigenvalue weighted by Gasteiger charge is 2.21. The molecule has 194 valence electrons. The summed E-state index contributed by atoms with van der Waals surface area (Å²) < 4.78 is 17.9. The molecule has 2 N–H and O–H groups in total. The summed E-state index contributed by atoms with van der Waals surface area (Å²) in [5, 5.41) is 4.13. The summed E-state index contributed by atoms with van der Waals surface area (Å²) in [5.74, 6) is 0.957. The molecule has 3 heterocycles. The molecule has 0 bridgehead atoms. The molecule has 9 nitrogen and oxygen atoms in total. The molecule has 3 aromatic rings. The number of nitrogens with zero attached hydrogens (tertiary/aromatic N) is 5. The van der Waals surface area contributed by atoms with Gasteiger partial charge in [0.1, 0.15) is 11.4 Å². The fourth-order valence-electron chi connectivity index (χ4n) is 3.98. The van der Waals surface area contributed by atoms with Gasteiger partial charge in [0, 0.05) is 68.5 Å². The molecule has 10 heteroatoms. The highest BCUT2D eigenvalue weighted by molar-refractivity contribution is 6.14. The van der Waals surface area contributed by atoms with Crippen molar-refractivity contribution in [1.82, 2.24) is 19.8 Å². The van der Waals surface area contributed by atoms with E-state index in [0.29, 0.717) is 35.2 Å². The minimum atomic E-state index is -0.429. The normalized spacial score (nSPS) is 15.2. The molecule has 0 spiro atoms. The number of pyridine rings is 1. The van der Waals surface area contributed by atoms with Gasteiger partial charge < -0.3 is 24.8 Å². The van der Waals surface area contributed by atoms with E-state index in [0.717, 1.165) is 42.8 Å². The highest BCUT2D eigenvalue weighted by Crippen LogP contribution is 2.22. The van der Waals surface area contributed by atoms with Crippen LogP contribution in [-0.4, -0.2) is 90.9 Å². The van der Waals surface area contributed by atoms with Gasteiger partial charge in [-0.05, 0) is 43.5 Å². The number of hydrogen-bond donors (Lipinski definition) is 2. The van der Waals surface area contributed by atoms with E-state index in [4.69, 9.17) is 4.74 Å². The Hall–Kier alpha value is -4.05. The van der Waals surface area contributed by atoms with Crippen molar-refractivity contribution >= 4 is 34.2 Å². The standard InChI is InChI=1S/C27H32FN7O2/c1-4-22(24-18-21(8-10-30-24)37-15-5-9-28)33-27(29-2)31-20-6-7-23-19(16-20)17-25(32-23)26(36)35-13-11-34(3)12-14-35/h4,6-8,10,16-18,32H,1,5,9,11-15H2,2-3H3,(H,29,31)/b33-22+. The largest absolute Gasteiger partial charge is 0.493 e. The number of ether oxygens (including phenoxy) is 1. The van der Waals surface area contributed by atoms with Crippen molar-refractivity contribution in [2.75, 3.05) is 58.9 Å². The van der Waals surface area contributed by atoms with Gasteiger partial charge in [0.15, 0.2) is 0 Å². The average molecular weight is 506 g/mol. The van der Waals surface area contributed by atoms with Crippen LogP contribution >= 0.6 is 0 Å². The minimum absolute atomic E-state index is 0.0123. The highest BCUT2D eigenvalue weighted by atomic mass is 19.1. The number of carbonyl (C=O) groups is 1. The van der Waals surface area contributed by atoms with Gasteiger partial charge in [-0.15, -0.1) is 0 Å². The van der Waals surface area contributed by atoms with E-state index in [1.807, 2.05) is 29.2 Å². The fraction of sp³-hybridized carbons (Fsp3) is 0.333. The van der Waals surface area contributed by atoms with Gasteiger partial charge in [0.25, 0.3) is 5.91 Å². The molecule has 1 fully saturated rings. The van der Waals surface area contributed by atoms with Crippen LogP contribution in [0.2, 0.25) is 0 Å². The number of H-pyrrole nitrogens is 1. The quantitative estimate of drug-likeness (QED) is 0.276. The summed E-state index contributed by atoms with van der Waals surface area (Å²) >= 11 is 0. The molecule has 1 saturated heterocycles. The molecular weight excluding hydrogens is 473 g/mol. The van der Waals surface area contributed by atoms with Gasteiger partial charge in [0.05, 0.1) is 24.7 Å². The maximum absolute atomic E-state index is 13.0. The van der Waals surface area contributed by atoms with Crippen molar-refractivity contribution in [3.8, 4) is 5.75 Å². The van der Waals surface area contributed by atoms with Crippen molar-refractivity contribution in [2.24, 2.45) is 9.98 Å². The Labute approximate surface area is 215 Å². The maximum Gasteiger partial charge on any atom is 0.270 e. The molecule has 1 amide bonds. The Kier molecular flexibility index (Phi) is 8.63. The number of guanidine groups is 1. The van der Waals surface area contributed by atoms with Gasteiger partial charge >= 0.3 is 0 Å². The zero-order valence-electron chi connectivity index (χ0n) is 21.2. The monoisotopic (exact) mass is 505 g/mol. The summed E-state index contributed by atoms with van der Waals surface area (Å²) in [7, 11) is 3.70. The lowest BCUT2D eigenvalue weighted by Crippen LogP contribution is -2.47. The molecule has 0 atom stereocenters. The van der Waals surface area contributed by atoms with Crippen LogP contribution in [0.3, 0.4) is 0 Å². The Morgan fingerprint density at radius 3 is 2.78 bits per heavy atom. The number of benzene rings is 1. The number of alkyl halides is 1. The number of rotatable bonds is 8. The summed E-state index contributed by atoms with van der Waals surface area (Å²) in [5.41, 5.74) is 3.29. The van der Waals surface area contributed by atoms with Gasteiger partial charge in [-0.25, -0.2) is 4.99 Å².